The molecule has 3 aliphatic rings. The zero-order valence-electron chi connectivity index (χ0n) is 32.3. The van der Waals surface area contributed by atoms with E-state index in [1.165, 1.54) is 19.8 Å². The number of nitrogens with one attached hydrogen (secondary N) is 3. The molecule has 0 spiro atoms. The Hall–Kier alpha value is -4.88. The molecule has 4 amide bonds. The molecule has 0 radical (unpaired) electrons. The summed E-state index contributed by atoms with van der Waals surface area (Å²) >= 11 is 0. The lowest BCUT2D eigenvalue weighted by Gasteiger charge is -2.30. The first kappa shape index (κ1) is 38.8. The van der Waals surface area contributed by atoms with E-state index >= 15 is 0 Å². The van der Waals surface area contributed by atoms with Gasteiger partial charge in [-0.1, -0.05) is 52.0 Å². The molecule has 2 aliphatic heterocycles. The molecular formula is C40H55N7O7. The van der Waals surface area contributed by atoms with Crippen molar-refractivity contribution >= 4 is 24.0 Å². The molecule has 1 saturated carbocycles. The van der Waals surface area contributed by atoms with E-state index in [1.54, 1.807) is 11.2 Å². The third-order valence-electron chi connectivity index (χ3n) is 11.4. The zero-order chi connectivity index (χ0) is 38.5. The number of imidazole rings is 1. The van der Waals surface area contributed by atoms with Crippen molar-refractivity contribution in [2.45, 2.75) is 115 Å². The molecule has 14 nitrogen and oxygen atoms in total. The number of methoxy groups -OCH3 is 2. The third-order valence-corrected chi connectivity index (χ3v) is 11.4. The molecule has 3 aromatic rings. The number of hydrogen-bond acceptors (Lipinski definition) is 9. The van der Waals surface area contributed by atoms with Gasteiger partial charge in [0.05, 0.1) is 37.8 Å². The number of carbonyl (C=O) groups excluding carboxylic acids is 4. The second-order valence-corrected chi connectivity index (χ2v) is 15.6. The second kappa shape index (κ2) is 17.1. The molecule has 14 heteroatoms. The number of H-pyrrole nitrogens is 1. The molecule has 2 aromatic heterocycles. The van der Waals surface area contributed by atoms with Gasteiger partial charge in [0.15, 0.2) is 0 Å². The van der Waals surface area contributed by atoms with Gasteiger partial charge in [-0.3, -0.25) is 9.59 Å². The Morgan fingerprint density at radius 1 is 0.778 bits per heavy atom. The Balaban J connectivity index is 1.04. The van der Waals surface area contributed by atoms with Gasteiger partial charge in [0, 0.05) is 19.0 Å². The Labute approximate surface area is 317 Å². The van der Waals surface area contributed by atoms with E-state index < -0.39 is 24.3 Å². The summed E-state index contributed by atoms with van der Waals surface area (Å²) in [5.74, 6) is 1.60. The predicted molar refractivity (Wildman–Crippen MR) is 200 cm³/mol. The molecule has 3 unspecified atom stereocenters. The fourth-order valence-electron chi connectivity index (χ4n) is 8.31. The summed E-state index contributed by atoms with van der Waals surface area (Å²) in [4.78, 5) is 67.6. The van der Waals surface area contributed by atoms with Crippen LogP contribution in [0.15, 0.2) is 41.1 Å². The van der Waals surface area contributed by atoms with E-state index in [2.05, 4.69) is 39.9 Å². The maximum absolute atomic E-state index is 13.5. The largest absolute Gasteiger partial charge is 0.453 e. The molecule has 3 N–H and O–H groups in total. The van der Waals surface area contributed by atoms with E-state index in [-0.39, 0.29) is 35.7 Å². The van der Waals surface area contributed by atoms with Crippen molar-refractivity contribution in [1.82, 2.24) is 35.4 Å². The fraction of sp³-hybridized carbons (Fsp3) is 0.600. The van der Waals surface area contributed by atoms with Crippen LogP contribution in [0.25, 0.3) is 11.3 Å². The number of hydrogen-bond donors (Lipinski definition) is 3. The van der Waals surface area contributed by atoms with Crippen molar-refractivity contribution in [3.63, 3.8) is 0 Å². The molecule has 4 atom stereocenters. The van der Waals surface area contributed by atoms with Crippen LogP contribution in [0.1, 0.15) is 126 Å². The minimum Gasteiger partial charge on any atom is -0.453 e. The normalized spacial score (nSPS) is 22.7. The number of aromatic nitrogens is 3. The van der Waals surface area contributed by atoms with Gasteiger partial charge in [-0.2, -0.15) is 0 Å². The SMILES string of the molecule is COC(=O)NC(C(=O)N1CCCC1c1nc(C2CCC(c3ccc(-c4cnc(C5CCCN5C(=O)[C@@H](NC(=O)OC)C(C)C)[nH]4)cc3)CC2)co1)C(C)C. The van der Waals surface area contributed by atoms with Gasteiger partial charge in [0.25, 0.3) is 0 Å². The molecule has 1 aromatic carbocycles. The number of likely N-dealkylation sites (tertiary alicyclic amines) is 2. The number of alkyl carbamates (subject to hydrolysis) is 2. The first-order chi connectivity index (χ1) is 26.0. The topological polar surface area (TPSA) is 172 Å². The summed E-state index contributed by atoms with van der Waals surface area (Å²) < 4.78 is 15.5. The van der Waals surface area contributed by atoms with Gasteiger partial charge >= 0.3 is 12.2 Å². The van der Waals surface area contributed by atoms with Crippen molar-refractivity contribution in [3.05, 3.63) is 59.7 Å². The Kier molecular flexibility index (Phi) is 12.3. The quantitative estimate of drug-likeness (QED) is 0.196. The number of rotatable bonds is 11. The van der Waals surface area contributed by atoms with Crippen LogP contribution in [0.2, 0.25) is 0 Å². The van der Waals surface area contributed by atoms with Crippen molar-refractivity contribution in [2.24, 2.45) is 11.8 Å². The molecule has 1 aliphatic carbocycles. The van der Waals surface area contributed by atoms with E-state index in [1.807, 2.05) is 38.8 Å². The number of nitrogens with zero attached hydrogens (tertiary/aromatic N) is 4. The van der Waals surface area contributed by atoms with Crippen molar-refractivity contribution in [1.29, 1.82) is 0 Å². The molecule has 4 heterocycles. The van der Waals surface area contributed by atoms with Crippen molar-refractivity contribution < 1.29 is 33.1 Å². The Bertz CT molecular complexity index is 1760. The van der Waals surface area contributed by atoms with Gasteiger partial charge in [-0.25, -0.2) is 19.6 Å². The molecule has 0 bridgehead atoms. The maximum atomic E-state index is 13.5. The Morgan fingerprint density at radius 3 is 1.87 bits per heavy atom. The second-order valence-electron chi connectivity index (χ2n) is 15.6. The van der Waals surface area contributed by atoms with E-state index in [0.29, 0.717) is 30.8 Å². The summed E-state index contributed by atoms with van der Waals surface area (Å²) in [6.07, 6.45) is 9.71. The van der Waals surface area contributed by atoms with E-state index in [4.69, 9.17) is 23.9 Å². The van der Waals surface area contributed by atoms with Gasteiger partial charge in [-0.15, -0.1) is 0 Å². The van der Waals surface area contributed by atoms with Gasteiger partial charge in [-0.05, 0) is 80.2 Å². The lowest BCUT2D eigenvalue weighted by molar-refractivity contribution is -0.136. The monoisotopic (exact) mass is 745 g/mol. The van der Waals surface area contributed by atoms with Gasteiger partial charge in [0.2, 0.25) is 17.7 Å². The fourth-order valence-corrected chi connectivity index (χ4v) is 8.31. The molecule has 3 fully saturated rings. The summed E-state index contributed by atoms with van der Waals surface area (Å²) in [6.45, 7) is 8.82. The van der Waals surface area contributed by atoms with Crippen LogP contribution in [0.5, 0.6) is 0 Å². The van der Waals surface area contributed by atoms with E-state index in [9.17, 15) is 19.2 Å². The minimum absolute atomic E-state index is 0.0942. The number of aromatic amines is 1. The number of ether oxygens (including phenoxy) is 2. The number of benzene rings is 1. The third kappa shape index (κ3) is 8.42. The average molecular weight is 746 g/mol. The van der Waals surface area contributed by atoms with Crippen molar-refractivity contribution in [3.8, 4) is 11.3 Å². The number of carbonyl (C=O) groups is 4. The van der Waals surface area contributed by atoms with E-state index in [0.717, 1.165) is 74.1 Å². The summed E-state index contributed by atoms with van der Waals surface area (Å²) in [5.41, 5.74) is 4.19. The van der Waals surface area contributed by atoms with Gasteiger partial charge in [0.1, 0.15) is 30.2 Å². The zero-order valence-corrected chi connectivity index (χ0v) is 32.3. The molecular weight excluding hydrogens is 690 g/mol. The summed E-state index contributed by atoms with van der Waals surface area (Å²) in [7, 11) is 2.59. The summed E-state index contributed by atoms with van der Waals surface area (Å²) in [5, 5.41) is 5.40. The average Bonchev–Trinajstić information content (AvgIpc) is 4.02. The number of amides is 4. The lowest BCUT2D eigenvalue weighted by atomic mass is 9.77. The highest BCUT2D eigenvalue weighted by atomic mass is 16.5. The van der Waals surface area contributed by atoms with Crippen LogP contribution in [-0.4, -0.2) is 88.1 Å². The highest BCUT2D eigenvalue weighted by Crippen LogP contribution is 2.42. The van der Waals surface area contributed by atoms with Crippen LogP contribution in [-0.2, 0) is 19.1 Å². The first-order valence-corrected chi connectivity index (χ1v) is 19.4. The van der Waals surface area contributed by atoms with Crippen LogP contribution in [0, 0.1) is 11.8 Å². The summed E-state index contributed by atoms with van der Waals surface area (Å²) in [6, 6.07) is 6.88. The highest BCUT2D eigenvalue weighted by Gasteiger charge is 2.40. The molecule has 2 saturated heterocycles. The lowest BCUT2D eigenvalue weighted by Crippen LogP contribution is -2.51. The Morgan fingerprint density at radius 2 is 1.31 bits per heavy atom. The van der Waals surface area contributed by atoms with Crippen LogP contribution in [0.3, 0.4) is 0 Å². The van der Waals surface area contributed by atoms with Crippen LogP contribution >= 0.6 is 0 Å². The predicted octanol–water partition coefficient (Wildman–Crippen LogP) is 6.59. The smallest absolute Gasteiger partial charge is 0.407 e. The molecule has 292 valence electrons. The standard InChI is InChI=1S/C40H55N7O7/c1-23(2)33(44-39(50)52-5)37(48)46-19-7-9-31(46)35-41-21-29(42-35)27-15-11-25(12-16-27)26-13-17-28(18-14-26)30-22-54-36(43-30)32-10-8-20-47(32)38(49)34(24(3)4)45-40(51)53-6/h11-12,15-16,21-24,26,28,31-34H,7-10,13-14,17-20H2,1-6H3,(H,41,42)(H,44,50)(H,45,51)/t26?,28?,31?,32?,33-,34?/m0/s1. The van der Waals surface area contributed by atoms with Crippen LogP contribution in [0.4, 0.5) is 9.59 Å². The van der Waals surface area contributed by atoms with Crippen LogP contribution < -0.4 is 10.6 Å². The highest BCUT2D eigenvalue weighted by molar-refractivity contribution is 5.87. The molecule has 6 rings (SSSR count). The maximum Gasteiger partial charge on any atom is 0.407 e. The number of oxazole rings is 1. The molecule has 54 heavy (non-hydrogen) atoms. The van der Waals surface area contributed by atoms with Gasteiger partial charge < -0.3 is 39.3 Å². The minimum atomic E-state index is -0.684. The first-order valence-electron chi connectivity index (χ1n) is 19.4. The van der Waals surface area contributed by atoms with Crippen molar-refractivity contribution in [2.75, 3.05) is 27.3 Å².